The molecule has 0 spiro atoms. The molecule has 3 atom stereocenters. The monoisotopic (exact) mass is 219 g/mol. The van der Waals surface area contributed by atoms with Gasteiger partial charge in [-0.25, -0.2) is 0 Å². The van der Waals surface area contributed by atoms with Crippen LogP contribution in [-0.2, 0) is 15.5 Å². The van der Waals surface area contributed by atoms with Gasteiger partial charge < -0.3 is 10.1 Å². The van der Waals surface area contributed by atoms with Crippen LogP contribution in [0, 0.1) is 0 Å². The molecule has 1 aliphatic rings. The van der Waals surface area contributed by atoms with Crippen molar-refractivity contribution in [2.75, 3.05) is 26.0 Å². The van der Waals surface area contributed by atoms with Crippen LogP contribution in [0.15, 0.2) is 0 Å². The first kappa shape index (κ1) is 12.1. The molecule has 0 bridgehead atoms. The maximum absolute atomic E-state index is 11.1. The molecule has 0 aliphatic carbocycles. The second-order valence-electron chi connectivity index (χ2n) is 3.96. The molecule has 0 aromatic carbocycles. The molecule has 3 unspecified atom stereocenters. The zero-order chi connectivity index (χ0) is 10.4. The predicted molar refractivity (Wildman–Crippen MR) is 60.0 cm³/mol. The topological polar surface area (TPSA) is 38.3 Å². The highest BCUT2D eigenvalue weighted by Gasteiger charge is 2.13. The summed E-state index contributed by atoms with van der Waals surface area (Å²) < 4.78 is 16.6. The molecule has 4 heteroatoms. The summed E-state index contributed by atoms with van der Waals surface area (Å²) in [6, 6.07) is 0. The van der Waals surface area contributed by atoms with E-state index in [0.717, 1.165) is 26.1 Å². The highest BCUT2D eigenvalue weighted by Crippen LogP contribution is 2.11. The molecule has 1 rings (SSSR count). The first-order valence-electron chi connectivity index (χ1n) is 5.34. The molecule has 3 nitrogen and oxygen atoms in total. The van der Waals surface area contributed by atoms with Gasteiger partial charge in [0.25, 0.3) is 0 Å². The average Bonchev–Trinajstić information content (AvgIpc) is 2.19. The zero-order valence-electron chi connectivity index (χ0n) is 9.12. The molecule has 1 N–H and O–H groups in total. The van der Waals surface area contributed by atoms with Gasteiger partial charge >= 0.3 is 0 Å². The highest BCUT2D eigenvalue weighted by molar-refractivity contribution is 7.84. The lowest BCUT2D eigenvalue weighted by atomic mass is 10.1. The summed E-state index contributed by atoms with van der Waals surface area (Å²) >= 11 is 0. The van der Waals surface area contributed by atoms with E-state index in [4.69, 9.17) is 4.74 Å². The predicted octanol–water partition coefficient (Wildman–Crippen LogP) is 0.912. The molecule has 1 fully saturated rings. The van der Waals surface area contributed by atoms with Crippen molar-refractivity contribution in [3.05, 3.63) is 0 Å². The van der Waals surface area contributed by atoms with Crippen molar-refractivity contribution >= 4 is 10.8 Å². The van der Waals surface area contributed by atoms with Crippen molar-refractivity contribution in [3.63, 3.8) is 0 Å². The van der Waals surface area contributed by atoms with Crippen LogP contribution in [-0.4, -0.2) is 41.5 Å². The summed E-state index contributed by atoms with van der Waals surface area (Å²) in [7, 11) is -0.720. The molecular formula is C10H21NO2S. The molecule has 0 radical (unpaired) electrons. The second kappa shape index (κ2) is 6.53. The Labute approximate surface area is 89.1 Å². The number of hydrogen-bond donors (Lipinski definition) is 1. The Hall–Kier alpha value is 0.0700. The van der Waals surface area contributed by atoms with E-state index in [0.29, 0.717) is 6.10 Å². The van der Waals surface area contributed by atoms with Gasteiger partial charge in [-0.2, -0.15) is 0 Å². The van der Waals surface area contributed by atoms with Crippen LogP contribution in [0.25, 0.3) is 0 Å². The summed E-state index contributed by atoms with van der Waals surface area (Å²) in [5.41, 5.74) is 0. The van der Waals surface area contributed by atoms with Gasteiger partial charge in [-0.05, 0) is 26.2 Å². The normalized spacial score (nSPS) is 27.1. The summed E-state index contributed by atoms with van der Waals surface area (Å²) in [5, 5.41) is 3.55. The van der Waals surface area contributed by atoms with Crippen LogP contribution in [0.4, 0.5) is 0 Å². The van der Waals surface area contributed by atoms with Crippen molar-refractivity contribution in [1.82, 2.24) is 5.32 Å². The van der Waals surface area contributed by atoms with Crippen LogP contribution in [0.2, 0.25) is 0 Å². The molecule has 84 valence electrons. The van der Waals surface area contributed by atoms with Crippen molar-refractivity contribution < 1.29 is 8.95 Å². The standard InChI is InChI=1S/C10H21NO2S/c1-9(14(2)12)7-11-8-10-5-3-4-6-13-10/h9-11H,3-8H2,1-2H3. The van der Waals surface area contributed by atoms with Gasteiger partial charge in [0.05, 0.1) is 6.10 Å². The van der Waals surface area contributed by atoms with Gasteiger partial charge in [-0.1, -0.05) is 0 Å². The van der Waals surface area contributed by atoms with Gasteiger partial charge in [-0.3, -0.25) is 4.21 Å². The summed E-state index contributed by atoms with van der Waals surface area (Å²) in [6.07, 6.45) is 5.77. The van der Waals surface area contributed by atoms with Crippen LogP contribution in [0.3, 0.4) is 0 Å². The Bertz CT molecular complexity index is 181. The lowest BCUT2D eigenvalue weighted by Gasteiger charge is -2.23. The number of hydrogen-bond acceptors (Lipinski definition) is 3. The molecule has 1 saturated heterocycles. The molecule has 0 aromatic heterocycles. The Balaban J connectivity index is 2.05. The van der Waals surface area contributed by atoms with Gasteiger partial charge in [0, 0.05) is 42.0 Å². The first-order chi connectivity index (χ1) is 6.70. The molecule has 0 saturated carbocycles. The number of ether oxygens (including phenoxy) is 1. The van der Waals surface area contributed by atoms with Crippen molar-refractivity contribution in [1.29, 1.82) is 0 Å². The second-order valence-corrected chi connectivity index (χ2v) is 5.76. The highest BCUT2D eigenvalue weighted by atomic mass is 32.2. The molecular weight excluding hydrogens is 198 g/mol. The van der Waals surface area contributed by atoms with E-state index in [1.54, 1.807) is 6.26 Å². The quantitative estimate of drug-likeness (QED) is 0.747. The Morgan fingerprint density at radius 2 is 2.36 bits per heavy atom. The van der Waals surface area contributed by atoms with E-state index in [1.807, 2.05) is 6.92 Å². The van der Waals surface area contributed by atoms with E-state index >= 15 is 0 Å². The van der Waals surface area contributed by atoms with Crippen LogP contribution < -0.4 is 5.32 Å². The number of rotatable bonds is 5. The van der Waals surface area contributed by atoms with Crippen LogP contribution in [0.5, 0.6) is 0 Å². The fourth-order valence-corrected chi connectivity index (χ4v) is 1.89. The van der Waals surface area contributed by atoms with E-state index in [9.17, 15) is 4.21 Å². The van der Waals surface area contributed by atoms with E-state index in [2.05, 4.69) is 5.32 Å². The van der Waals surface area contributed by atoms with Gasteiger partial charge in [0.15, 0.2) is 0 Å². The maximum Gasteiger partial charge on any atom is 0.0699 e. The van der Waals surface area contributed by atoms with E-state index < -0.39 is 10.8 Å². The SMILES string of the molecule is CC(CNCC1CCCCO1)S(C)=O. The summed E-state index contributed by atoms with van der Waals surface area (Å²) in [5.74, 6) is 0. The third-order valence-electron chi connectivity index (χ3n) is 2.64. The van der Waals surface area contributed by atoms with Crippen molar-refractivity contribution in [2.24, 2.45) is 0 Å². The Morgan fingerprint density at radius 3 is 2.93 bits per heavy atom. The van der Waals surface area contributed by atoms with E-state index in [-0.39, 0.29) is 5.25 Å². The lowest BCUT2D eigenvalue weighted by Crippen LogP contribution is -2.36. The van der Waals surface area contributed by atoms with Gasteiger partial charge in [0.1, 0.15) is 0 Å². The largest absolute Gasteiger partial charge is 0.377 e. The average molecular weight is 219 g/mol. The molecule has 0 amide bonds. The summed E-state index contributed by atoms with van der Waals surface area (Å²) in [4.78, 5) is 0. The van der Waals surface area contributed by atoms with Gasteiger partial charge in [0.2, 0.25) is 0 Å². The number of nitrogens with one attached hydrogen (secondary N) is 1. The molecule has 0 aromatic rings. The zero-order valence-corrected chi connectivity index (χ0v) is 9.94. The van der Waals surface area contributed by atoms with Gasteiger partial charge in [-0.15, -0.1) is 0 Å². The van der Waals surface area contributed by atoms with Crippen LogP contribution in [0.1, 0.15) is 26.2 Å². The molecule has 1 heterocycles. The third kappa shape index (κ3) is 4.53. The molecule has 14 heavy (non-hydrogen) atoms. The maximum atomic E-state index is 11.1. The smallest absolute Gasteiger partial charge is 0.0699 e. The third-order valence-corrected chi connectivity index (χ3v) is 3.94. The fourth-order valence-electron chi connectivity index (χ4n) is 1.53. The van der Waals surface area contributed by atoms with E-state index in [1.165, 1.54) is 12.8 Å². The van der Waals surface area contributed by atoms with Crippen molar-refractivity contribution in [3.8, 4) is 0 Å². The lowest BCUT2D eigenvalue weighted by molar-refractivity contribution is 0.0171. The fraction of sp³-hybridized carbons (Fsp3) is 1.00. The molecule has 1 aliphatic heterocycles. The minimum absolute atomic E-state index is 0.235. The minimum Gasteiger partial charge on any atom is -0.377 e. The summed E-state index contributed by atoms with van der Waals surface area (Å²) in [6.45, 7) is 4.64. The Kier molecular flexibility index (Phi) is 5.67. The van der Waals surface area contributed by atoms with Crippen LogP contribution >= 0.6 is 0 Å². The minimum atomic E-state index is -0.720. The Morgan fingerprint density at radius 1 is 1.57 bits per heavy atom. The van der Waals surface area contributed by atoms with Crippen molar-refractivity contribution in [2.45, 2.75) is 37.5 Å². The first-order valence-corrected chi connectivity index (χ1v) is 6.97.